The number of amides is 1. The largest absolute Gasteiger partial charge is 0.497 e. The lowest BCUT2D eigenvalue weighted by atomic mass is 9.96. The molecule has 0 fully saturated rings. The normalized spacial score (nSPS) is 12.4. The van der Waals surface area contributed by atoms with E-state index in [-0.39, 0.29) is 11.8 Å². The zero-order valence-corrected chi connectivity index (χ0v) is 23.9. The Kier molecular flexibility index (Phi) is 8.50. The number of nitrogens with zero attached hydrogens (tertiary/aromatic N) is 3. The summed E-state index contributed by atoms with van der Waals surface area (Å²) < 4.78 is 7.58. The second-order valence-corrected chi connectivity index (χ2v) is 11.0. The molecule has 1 unspecified atom stereocenters. The van der Waals surface area contributed by atoms with Crippen LogP contribution in [0.2, 0.25) is 0 Å². The van der Waals surface area contributed by atoms with Crippen LogP contribution in [-0.4, -0.2) is 44.8 Å². The van der Waals surface area contributed by atoms with Gasteiger partial charge in [0.2, 0.25) is 5.91 Å². The van der Waals surface area contributed by atoms with Gasteiger partial charge >= 0.3 is 0 Å². The molecule has 0 radical (unpaired) electrons. The molecule has 4 N–H and O–H groups in total. The van der Waals surface area contributed by atoms with Crippen molar-refractivity contribution in [1.29, 1.82) is 0 Å². The van der Waals surface area contributed by atoms with Gasteiger partial charge in [0.25, 0.3) is 0 Å². The third kappa shape index (κ3) is 6.66. The van der Waals surface area contributed by atoms with Crippen molar-refractivity contribution < 1.29 is 9.53 Å². The number of hydrogen-bond acceptors (Lipinski definition) is 5. The Morgan fingerprint density at radius 3 is 2.44 bits per heavy atom. The van der Waals surface area contributed by atoms with Crippen LogP contribution >= 0.6 is 0 Å². The van der Waals surface area contributed by atoms with Gasteiger partial charge in [0.15, 0.2) is 0 Å². The Bertz CT molecular complexity index is 1580. The van der Waals surface area contributed by atoms with Crippen LogP contribution in [0.5, 0.6) is 5.75 Å². The highest BCUT2D eigenvalue weighted by atomic mass is 16.5. The number of rotatable bonds is 12. The first-order valence-electron chi connectivity index (χ1n) is 14.1. The topological polar surface area (TPSA) is 111 Å². The summed E-state index contributed by atoms with van der Waals surface area (Å²) in [5.41, 5.74) is 9.61. The number of aromatic nitrogens is 4. The number of nitrogens with one attached hydrogen (secondary N) is 2. The lowest BCUT2D eigenvalue weighted by Gasteiger charge is -2.23. The molecule has 0 spiro atoms. The summed E-state index contributed by atoms with van der Waals surface area (Å²) in [4.78, 5) is 16.2. The Morgan fingerprint density at radius 2 is 1.71 bits per heavy atom. The molecule has 1 atom stereocenters. The zero-order chi connectivity index (χ0) is 28.8. The van der Waals surface area contributed by atoms with E-state index in [2.05, 4.69) is 63.4 Å². The molecule has 5 aromatic rings. The molecule has 0 bridgehead atoms. The average molecular weight is 551 g/mol. The van der Waals surface area contributed by atoms with Gasteiger partial charge in [-0.05, 0) is 61.6 Å². The van der Waals surface area contributed by atoms with Crippen LogP contribution < -0.4 is 15.8 Å². The Hall–Kier alpha value is -4.43. The summed E-state index contributed by atoms with van der Waals surface area (Å²) in [5.74, 6) is 2.07. The van der Waals surface area contributed by atoms with Crippen LogP contribution in [0, 0.1) is 0 Å². The third-order valence-electron chi connectivity index (χ3n) is 7.42. The number of fused-ring (bicyclic) bond motifs is 1. The molecule has 2 aromatic heterocycles. The van der Waals surface area contributed by atoms with Crippen LogP contribution in [0.3, 0.4) is 0 Å². The Morgan fingerprint density at radius 1 is 0.976 bits per heavy atom. The molecule has 212 valence electrons. The first-order valence-corrected chi connectivity index (χ1v) is 14.1. The molecule has 0 saturated heterocycles. The molecule has 5 rings (SSSR count). The van der Waals surface area contributed by atoms with Crippen molar-refractivity contribution in [3.8, 4) is 5.75 Å². The van der Waals surface area contributed by atoms with E-state index in [4.69, 9.17) is 20.7 Å². The summed E-state index contributed by atoms with van der Waals surface area (Å²) in [6.07, 6.45) is 4.69. The standard InChI is InChI=1S/C33H38N6O2/c1-33(2,34)32(40)36-21-28(27-20-35-29-14-8-7-13-26(27)29)31-38-37-30(15-9-12-23-10-5-4-6-11-23)39(31)22-24-16-18-25(41-3)19-17-24/h4-8,10-11,13-14,16-20,28,35H,9,12,15,21-22,34H2,1-3H3,(H,36,40). The van der Waals surface area contributed by atoms with E-state index in [1.807, 2.05) is 36.5 Å². The summed E-state index contributed by atoms with van der Waals surface area (Å²) in [5, 5.41) is 13.6. The van der Waals surface area contributed by atoms with Gasteiger partial charge in [-0.3, -0.25) is 4.79 Å². The molecule has 0 aliphatic rings. The second kappa shape index (κ2) is 12.4. The third-order valence-corrected chi connectivity index (χ3v) is 7.42. The first kappa shape index (κ1) is 28.1. The minimum absolute atomic E-state index is 0.216. The quantitative estimate of drug-likeness (QED) is 0.203. The van der Waals surface area contributed by atoms with Gasteiger partial charge in [0, 0.05) is 30.1 Å². The van der Waals surface area contributed by atoms with Crippen molar-refractivity contribution in [2.45, 2.75) is 51.1 Å². The van der Waals surface area contributed by atoms with E-state index in [0.29, 0.717) is 13.1 Å². The fourth-order valence-corrected chi connectivity index (χ4v) is 5.12. The van der Waals surface area contributed by atoms with E-state index < -0.39 is 5.54 Å². The highest BCUT2D eigenvalue weighted by Gasteiger charge is 2.28. The van der Waals surface area contributed by atoms with Crippen LogP contribution in [0.15, 0.2) is 85.1 Å². The van der Waals surface area contributed by atoms with Gasteiger partial charge in [0.05, 0.1) is 25.1 Å². The lowest BCUT2D eigenvalue weighted by Crippen LogP contribution is -2.50. The van der Waals surface area contributed by atoms with E-state index in [1.165, 1.54) is 5.56 Å². The van der Waals surface area contributed by atoms with Crippen molar-refractivity contribution in [2.24, 2.45) is 5.73 Å². The Labute approximate surface area is 240 Å². The number of carbonyl (C=O) groups excluding carboxylic acids is 1. The maximum Gasteiger partial charge on any atom is 0.239 e. The number of carbonyl (C=O) groups is 1. The monoisotopic (exact) mass is 550 g/mol. The number of para-hydroxylation sites is 1. The summed E-state index contributed by atoms with van der Waals surface area (Å²) in [7, 11) is 1.67. The molecule has 2 heterocycles. The second-order valence-electron chi connectivity index (χ2n) is 11.0. The summed E-state index contributed by atoms with van der Waals surface area (Å²) >= 11 is 0. The maximum atomic E-state index is 12.9. The number of nitrogens with two attached hydrogens (primary N) is 1. The highest BCUT2D eigenvalue weighted by Crippen LogP contribution is 2.31. The molecule has 3 aromatic carbocycles. The van der Waals surface area contributed by atoms with Crippen LogP contribution in [0.1, 0.15) is 54.5 Å². The SMILES string of the molecule is COc1ccc(Cn2c(CCCc3ccccc3)nnc2C(CNC(=O)C(C)(C)N)c2c[nH]c3ccccc23)cc1. The van der Waals surface area contributed by atoms with E-state index in [9.17, 15) is 4.79 Å². The predicted octanol–water partition coefficient (Wildman–Crippen LogP) is 4.98. The first-order chi connectivity index (χ1) is 19.8. The number of methoxy groups -OCH3 is 1. The van der Waals surface area contributed by atoms with E-state index in [0.717, 1.165) is 58.7 Å². The van der Waals surface area contributed by atoms with Crippen molar-refractivity contribution in [1.82, 2.24) is 25.1 Å². The number of ether oxygens (including phenoxy) is 1. The van der Waals surface area contributed by atoms with E-state index >= 15 is 0 Å². The van der Waals surface area contributed by atoms with Gasteiger partial charge in [0.1, 0.15) is 17.4 Å². The number of H-pyrrole nitrogens is 1. The maximum absolute atomic E-state index is 12.9. The molecule has 1 amide bonds. The number of aryl methyl sites for hydroxylation is 2. The minimum atomic E-state index is -0.996. The van der Waals surface area contributed by atoms with E-state index in [1.54, 1.807) is 21.0 Å². The molecule has 8 heteroatoms. The molecule has 8 nitrogen and oxygen atoms in total. The van der Waals surface area contributed by atoms with Gasteiger partial charge in [-0.25, -0.2) is 0 Å². The van der Waals surface area contributed by atoms with Crippen molar-refractivity contribution in [3.63, 3.8) is 0 Å². The molecule has 41 heavy (non-hydrogen) atoms. The van der Waals surface area contributed by atoms with Gasteiger partial charge < -0.3 is 25.3 Å². The van der Waals surface area contributed by atoms with Crippen LogP contribution in [0.25, 0.3) is 10.9 Å². The van der Waals surface area contributed by atoms with Gasteiger partial charge in [-0.15, -0.1) is 10.2 Å². The fourth-order valence-electron chi connectivity index (χ4n) is 5.12. The smallest absolute Gasteiger partial charge is 0.239 e. The van der Waals surface area contributed by atoms with Crippen LogP contribution in [-0.2, 0) is 24.2 Å². The molecule has 0 aliphatic heterocycles. The molecular formula is C33H38N6O2. The predicted molar refractivity (Wildman–Crippen MR) is 162 cm³/mol. The van der Waals surface area contributed by atoms with Crippen LogP contribution in [0.4, 0.5) is 0 Å². The zero-order valence-electron chi connectivity index (χ0n) is 23.9. The molecule has 0 saturated carbocycles. The Balaban J connectivity index is 1.52. The lowest BCUT2D eigenvalue weighted by molar-refractivity contribution is -0.125. The van der Waals surface area contributed by atoms with Gasteiger partial charge in [-0.1, -0.05) is 60.7 Å². The number of benzene rings is 3. The fraction of sp³-hybridized carbons (Fsp3) is 0.303. The minimum Gasteiger partial charge on any atom is -0.497 e. The summed E-state index contributed by atoms with van der Waals surface area (Å²) in [6.45, 7) is 4.36. The highest BCUT2D eigenvalue weighted by molar-refractivity contribution is 5.86. The van der Waals surface area contributed by atoms with Crippen molar-refractivity contribution in [3.05, 3.63) is 113 Å². The van der Waals surface area contributed by atoms with Crippen molar-refractivity contribution >= 4 is 16.8 Å². The van der Waals surface area contributed by atoms with Gasteiger partial charge in [-0.2, -0.15) is 0 Å². The molecular weight excluding hydrogens is 512 g/mol. The number of hydrogen-bond donors (Lipinski definition) is 3. The molecule has 0 aliphatic carbocycles. The van der Waals surface area contributed by atoms with Crippen molar-refractivity contribution in [2.75, 3.05) is 13.7 Å². The summed E-state index contributed by atoms with van der Waals surface area (Å²) in [6, 6.07) is 26.7. The number of aromatic amines is 1. The average Bonchev–Trinajstić information content (AvgIpc) is 3.58.